The summed E-state index contributed by atoms with van der Waals surface area (Å²) in [5.41, 5.74) is 7.82. The number of hydrogen-bond donors (Lipinski definition) is 3. The van der Waals surface area contributed by atoms with Gasteiger partial charge >= 0.3 is 11.9 Å². The molecule has 6 aromatic rings. The molecular weight excluding hydrogens is 640 g/mol. The molecule has 2 aromatic heterocycles. The van der Waals surface area contributed by atoms with Crippen molar-refractivity contribution < 1.29 is 33.7 Å². The van der Waals surface area contributed by atoms with Gasteiger partial charge in [-0.15, -0.1) is 0 Å². The summed E-state index contributed by atoms with van der Waals surface area (Å²) in [5, 5.41) is 21.8. The average Bonchev–Trinajstić information content (AvgIpc) is 3.15. The lowest BCUT2D eigenvalue weighted by molar-refractivity contribution is -0.689. The Morgan fingerprint density at radius 2 is 1.08 bits per heavy atom. The molecule has 3 N–H and O–H groups in total. The van der Waals surface area contributed by atoms with E-state index in [0.29, 0.717) is 30.0 Å². The van der Waals surface area contributed by atoms with E-state index in [4.69, 9.17) is 0 Å². The summed E-state index contributed by atoms with van der Waals surface area (Å²) in [5.74, 6) is -2.59. The molecule has 0 radical (unpaired) electrons. The topological polar surface area (TPSA) is 115 Å². The third-order valence-corrected chi connectivity index (χ3v) is 8.63. The summed E-state index contributed by atoms with van der Waals surface area (Å²) < 4.78 is 4.16. The summed E-state index contributed by atoms with van der Waals surface area (Å²) in [6.07, 6.45) is 8.14. The maximum atomic E-state index is 13.7. The first kappa shape index (κ1) is 34.3. The second kappa shape index (κ2) is 15.7. The molecule has 9 heteroatoms. The number of aliphatic carboxylic acids is 2. The number of carbonyl (C=O) groups excluding carboxylic acids is 1. The molecule has 0 fully saturated rings. The molecule has 9 nitrogen and oxygen atoms in total. The summed E-state index contributed by atoms with van der Waals surface area (Å²) in [7, 11) is 0. The van der Waals surface area contributed by atoms with Gasteiger partial charge in [-0.3, -0.25) is 9.59 Å². The van der Waals surface area contributed by atoms with Crippen molar-refractivity contribution in [3.05, 3.63) is 169 Å². The van der Waals surface area contributed by atoms with Crippen molar-refractivity contribution >= 4 is 29.2 Å². The van der Waals surface area contributed by atoms with Crippen LogP contribution in [-0.2, 0) is 22.7 Å². The lowest BCUT2D eigenvalue weighted by Gasteiger charge is -2.27. The molecule has 51 heavy (non-hydrogen) atoms. The highest BCUT2D eigenvalue weighted by molar-refractivity contribution is 6.04. The van der Waals surface area contributed by atoms with Crippen LogP contribution in [0.2, 0.25) is 0 Å². The standard InChI is InChI=1S/C42H36N4O5/c1-30(42(50)51)46(29-40(47)48)39-14-12-38(13-15-39)43-41(49)37-25-31(27-44-20-16-35(17-21-44)33-8-4-2-5-9-33)24-32(26-37)28-45-22-18-36(19-23-45)34-10-6-3-7-11-34/h2-26,30H,27-29H2,1H3,(H-2,43,47,48,49,50,51)/p+2. The number of nitrogens with zero attached hydrogens (tertiary/aromatic N) is 3. The quantitative estimate of drug-likeness (QED) is 0.124. The molecule has 0 aliphatic rings. The molecule has 0 bridgehead atoms. The molecule has 6 rings (SSSR count). The number of benzene rings is 4. The van der Waals surface area contributed by atoms with Gasteiger partial charge in [-0.1, -0.05) is 60.7 Å². The van der Waals surface area contributed by atoms with Crippen LogP contribution in [0.4, 0.5) is 11.4 Å². The number of nitrogens with one attached hydrogen (secondary N) is 1. The summed E-state index contributed by atoms with van der Waals surface area (Å²) in [6, 6.07) is 40.0. The van der Waals surface area contributed by atoms with Crippen LogP contribution in [0.3, 0.4) is 0 Å². The lowest BCUT2D eigenvalue weighted by Crippen LogP contribution is -2.42. The van der Waals surface area contributed by atoms with E-state index in [1.54, 1.807) is 24.3 Å². The predicted molar refractivity (Wildman–Crippen MR) is 195 cm³/mol. The fourth-order valence-electron chi connectivity index (χ4n) is 5.94. The minimum absolute atomic E-state index is 0.305. The normalized spacial score (nSPS) is 11.4. The van der Waals surface area contributed by atoms with Crippen molar-refractivity contribution in [2.24, 2.45) is 0 Å². The van der Waals surface area contributed by atoms with E-state index in [-0.39, 0.29) is 5.91 Å². The number of carboxylic acids is 2. The first-order valence-corrected chi connectivity index (χ1v) is 16.6. The Hall–Kier alpha value is -6.61. The molecule has 1 amide bonds. The highest BCUT2D eigenvalue weighted by Crippen LogP contribution is 2.22. The van der Waals surface area contributed by atoms with Crippen LogP contribution in [0.25, 0.3) is 22.3 Å². The molecular formula is C42H38N4O5+2. The molecule has 1 unspecified atom stereocenters. The van der Waals surface area contributed by atoms with Crippen molar-refractivity contribution in [3.8, 4) is 22.3 Å². The monoisotopic (exact) mass is 678 g/mol. The fourth-order valence-corrected chi connectivity index (χ4v) is 5.94. The number of anilines is 2. The van der Waals surface area contributed by atoms with Crippen LogP contribution in [0.5, 0.6) is 0 Å². The molecule has 0 saturated carbocycles. The minimum Gasteiger partial charge on any atom is -0.480 e. The molecule has 0 spiro atoms. The zero-order valence-corrected chi connectivity index (χ0v) is 28.1. The van der Waals surface area contributed by atoms with Gasteiger partial charge in [0, 0.05) is 52.3 Å². The van der Waals surface area contributed by atoms with Gasteiger partial charge in [0.2, 0.25) is 0 Å². The van der Waals surface area contributed by atoms with Crippen LogP contribution in [-0.4, -0.2) is 40.6 Å². The van der Waals surface area contributed by atoms with Crippen LogP contribution in [0, 0.1) is 0 Å². The number of carbonyl (C=O) groups is 3. The van der Waals surface area contributed by atoms with E-state index < -0.39 is 24.5 Å². The number of aromatic nitrogens is 2. The van der Waals surface area contributed by atoms with Gasteiger partial charge in [-0.05, 0) is 71.6 Å². The number of amides is 1. The highest BCUT2D eigenvalue weighted by Gasteiger charge is 2.23. The number of pyridine rings is 2. The maximum absolute atomic E-state index is 13.7. The predicted octanol–water partition coefficient (Wildman–Crippen LogP) is 6.31. The average molecular weight is 679 g/mol. The Bertz CT molecular complexity index is 2020. The van der Waals surface area contributed by atoms with Crippen LogP contribution < -0.4 is 19.4 Å². The van der Waals surface area contributed by atoms with E-state index >= 15 is 0 Å². The second-order valence-electron chi connectivity index (χ2n) is 12.3. The van der Waals surface area contributed by atoms with Gasteiger partial charge in [0.25, 0.3) is 5.91 Å². The highest BCUT2D eigenvalue weighted by atomic mass is 16.4. The molecule has 0 aliphatic heterocycles. The van der Waals surface area contributed by atoms with Crippen molar-refractivity contribution in [2.75, 3.05) is 16.8 Å². The smallest absolute Gasteiger partial charge is 0.326 e. The minimum atomic E-state index is -1.15. The second-order valence-corrected chi connectivity index (χ2v) is 12.3. The third-order valence-electron chi connectivity index (χ3n) is 8.63. The van der Waals surface area contributed by atoms with Crippen molar-refractivity contribution in [1.82, 2.24) is 0 Å². The van der Waals surface area contributed by atoms with Crippen molar-refractivity contribution in [3.63, 3.8) is 0 Å². The van der Waals surface area contributed by atoms with E-state index in [1.807, 2.05) is 73.3 Å². The number of carboxylic acid groups (broad SMARTS) is 2. The lowest BCUT2D eigenvalue weighted by atomic mass is 10.0. The summed E-state index contributed by atoms with van der Waals surface area (Å²) >= 11 is 0. The fraction of sp³-hybridized carbons (Fsp3) is 0.119. The largest absolute Gasteiger partial charge is 0.480 e. The van der Waals surface area contributed by atoms with E-state index in [0.717, 1.165) is 33.4 Å². The van der Waals surface area contributed by atoms with Gasteiger partial charge in [0.05, 0.1) is 0 Å². The molecule has 1 atom stereocenters. The summed E-state index contributed by atoms with van der Waals surface area (Å²) in [4.78, 5) is 38.0. The third kappa shape index (κ3) is 8.90. The number of hydrogen-bond acceptors (Lipinski definition) is 4. The zero-order chi connectivity index (χ0) is 35.7. The van der Waals surface area contributed by atoms with Gasteiger partial charge in [0.15, 0.2) is 37.9 Å². The van der Waals surface area contributed by atoms with Crippen molar-refractivity contribution in [2.45, 2.75) is 26.1 Å². The molecule has 4 aromatic carbocycles. The molecule has 0 saturated heterocycles. The Morgan fingerprint density at radius 1 is 0.627 bits per heavy atom. The van der Waals surface area contributed by atoms with E-state index in [1.165, 1.54) is 11.8 Å². The van der Waals surface area contributed by atoms with E-state index in [9.17, 15) is 24.6 Å². The number of rotatable bonds is 13. The SMILES string of the molecule is CC(C(=O)O)N(CC(=O)O)c1ccc(NC(=O)c2cc(C[n+]3ccc(-c4ccccc4)cc3)cc(C[n+]3ccc(-c4ccccc4)cc3)c2)cc1. The van der Waals surface area contributed by atoms with Gasteiger partial charge < -0.3 is 20.4 Å². The van der Waals surface area contributed by atoms with Gasteiger partial charge in [0.1, 0.15) is 12.6 Å². The van der Waals surface area contributed by atoms with Crippen LogP contribution >= 0.6 is 0 Å². The molecule has 0 aliphatic carbocycles. The van der Waals surface area contributed by atoms with Crippen molar-refractivity contribution in [1.29, 1.82) is 0 Å². The molecule has 2 heterocycles. The Kier molecular flexibility index (Phi) is 10.6. The van der Waals surface area contributed by atoms with E-state index in [2.05, 4.69) is 69.0 Å². The Morgan fingerprint density at radius 3 is 1.51 bits per heavy atom. The zero-order valence-electron chi connectivity index (χ0n) is 28.1. The Balaban J connectivity index is 1.25. The Labute approximate surface area is 296 Å². The first-order valence-electron chi connectivity index (χ1n) is 16.6. The first-order chi connectivity index (χ1) is 24.7. The summed E-state index contributed by atoms with van der Waals surface area (Å²) in [6.45, 7) is 2.06. The van der Waals surface area contributed by atoms with Gasteiger partial charge in [-0.25, -0.2) is 13.9 Å². The maximum Gasteiger partial charge on any atom is 0.326 e. The van der Waals surface area contributed by atoms with Crippen LogP contribution in [0.15, 0.2) is 152 Å². The van der Waals surface area contributed by atoms with Crippen LogP contribution in [0.1, 0.15) is 28.4 Å². The molecule has 254 valence electrons. The van der Waals surface area contributed by atoms with Gasteiger partial charge in [-0.2, -0.15) is 0 Å².